The Hall–Kier alpha value is -4.07. The number of ether oxygens (including phenoxy) is 2. The summed E-state index contributed by atoms with van der Waals surface area (Å²) in [5, 5.41) is 19.6. The molecule has 0 saturated carbocycles. The van der Waals surface area contributed by atoms with Gasteiger partial charge in [0.15, 0.2) is 16.7 Å². The predicted octanol–water partition coefficient (Wildman–Crippen LogP) is 3.83. The Morgan fingerprint density at radius 2 is 1.32 bits per heavy atom. The quantitative estimate of drug-likeness (QED) is 0.282. The van der Waals surface area contributed by atoms with E-state index in [9.17, 15) is 19.8 Å². The number of aromatic carboxylic acids is 2. The third kappa shape index (κ3) is 3.91. The van der Waals surface area contributed by atoms with Crippen molar-refractivity contribution in [2.75, 3.05) is 6.26 Å². The fraction of sp³-hybridized carbons (Fsp3) is 0.143. The SMILES string of the molecule is CSc1nc(Oc2ccc3c(c2C(=O)O)OOC3)cc(Oc2ccc3c(c2C(=O)O)OOC3)n1. The minimum Gasteiger partial charge on any atom is -0.477 e. The van der Waals surface area contributed by atoms with Gasteiger partial charge < -0.3 is 29.5 Å². The molecular formula is C21H14N2O10S. The van der Waals surface area contributed by atoms with Crippen molar-refractivity contribution in [2.45, 2.75) is 18.4 Å². The third-order valence-electron chi connectivity index (χ3n) is 4.81. The maximum atomic E-state index is 11.8. The molecule has 2 aliphatic rings. The van der Waals surface area contributed by atoms with E-state index in [-0.39, 0.29) is 64.3 Å². The Morgan fingerprint density at radius 3 is 1.74 bits per heavy atom. The number of thioether (sulfide) groups is 1. The molecule has 1 aromatic heterocycles. The van der Waals surface area contributed by atoms with Crippen LogP contribution in [0.15, 0.2) is 35.5 Å². The van der Waals surface area contributed by atoms with Crippen LogP contribution in [0.4, 0.5) is 0 Å². The molecule has 0 saturated heterocycles. The van der Waals surface area contributed by atoms with Crippen LogP contribution in [0, 0.1) is 0 Å². The first-order valence-electron chi connectivity index (χ1n) is 9.60. The van der Waals surface area contributed by atoms with Crippen molar-refractivity contribution < 1.29 is 48.8 Å². The maximum Gasteiger partial charge on any atom is 0.343 e. The number of carboxylic acid groups (broad SMARTS) is 2. The molecule has 3 heterocycles. The summed E-state index contributed by atoms with van der Waals surface area (Å²) in [5.74, 6) is -2.61. The lowest BCUT2D eigenvalue weighted by molar-refractivity contribution is -0.194. The van der Waals surface area contributed by atoms with Gasteiger partial charge in [-0.1, -0.05) is 11.8 Å². The molecule has 34 heavy (non-hydrogen) atoms. The summed E-state index contributed by atoms with van der Waals surface area (Å²) in [5.41, 5.74) is 0.659. The first-order valence-corrected chi connectivity index (χ1v) is 10.8. The van der Waals surface area contributed by atoms with E-state index in [1.165, 1.54) is 30.0 Å². The Kier molecular flexibility index (Phi) is 5.57. The second-order valence-electron chi connectivity index (χ2n) is 6.89. The number of carbonyl (C=O) groups is 2. The molecule has 3 aromatic rings. The van der Waals surface area contributed by atoms with E-state index in [0.717, 1.165) is 0 Å². The fourth-order valence-corrected chi connectivity index (χ4v) is 3.68. The van der Waals surface area contributed by atoms with E-state index in [2.05, 4.69) is 9.97 Å². The highest BCUT2D eigenvalue weighted by molar-refractivity contribution is 7.98. The average Bonchev–Trinajstić information content (AvgIpc) is 3.47. The minimum atomic E-state index is -1.28. The first kappa shape index (κ1) is 21.8. The lowest BCUT2D eigenvalue weighted by Gasteiger charge is -2.13. The van der Waals surface area contributed by atoms with E-state index in [1.807, 2.05) is 0 Å². The van der Waals surface area contributed by atoms with Gasteiger partial charge in [0.25, 0.3) is 0 Å². The molecule has 13 heteroatoms. The van der Waals surface area contributed by atoms with Crippen molar-refractivity contribution in [3.05, 3.63) is 52.6 Å². The van der Waals surface area contributed by atoms with Crippen LogP contribution in [0.2, 0.25) is 0 Å². The van der Waals surface area contributed by atoms with E-state index in [0.29, 0.717) is 11.1 Å². The number of carboxylic acids is 2. The number of fused-ring (bicyclic) bond motifs is 2. The van der Waals surface area contributed by atoms with Gasteiger partial charge in [0.1, 0.15) is 35.8 Å². The number of aromatic nitrogens is 2. The first-order chi connectivity index (χ1) is 16.4. The van der Waals surface area contributed by atoms with Crippen molar-refractivity contribution in [3.8, 4) is 34.8 Å². The molecular weight excluding hydrogens is 472 g/mol. The number of rotatable bonds is 7. The Morgan fingerprint density at radius 1 is 0.853 bits per heavy atom. The van der Waals surface area contributed by atoms with Crippen LogP contribution in [0.25, 0.3) is 0 Å². The molecule has 0 fully saturated rings. The summed E-state index contributed by atoms with van der Waals surface area (Å²) in [7, 11) is 0. The molecule has 0 bridgehead atoms. The standard InChI is InChI=1S/C21H14N2O10S/c1-34-21-22-13(30-11-4-2-9-7-28-32-17(9)15(11)19(24)25)6-14(23-21)31-12-5-3-10-8-29-33-18(10)16(12)20(26)27/h2-6H,7-8H2,1H3,(H,24,25)(H,26,27). The summed E-state index contributed by atoms with van der Waals surface area (Å²) in [6.07, 6.45) is 1.72. The van der Waals surface area contributed by atoms with Gasteiger partial charge in [-0.3, -0.25) is 0 Å². The van der Waals surface area contributed by atoms with Crippen LogP contribution < -0.4 is 19.2 Å². The molecule has 0 spiro atoms. The Bertz CT molecular complexity index is 1230. The van der Waals surface area contributed by atoms with Gasteiger partial charge in [0.2, 0.25) is 11.8 Å². The highest BCUT2D eigenvalue weighted by Gasteiger charge is 2.29. The molecule has 5 rings (SSSR count). The van der Waals surface area contributed by atoms with Crippen LogP contribution >= 0.6 is 11.8 Å². The van der Waals surface area contributed by atoms with Gasteiger partial charge in [-0.2, -0.15) is 19.7 Å². The van der Waals surface area contributed by atoms with Gasteiger partial charge in [-0.25, -0.2) is 9.59 Å². The second-order valence-corrected chi connectivity index (χ2v) is 7.66. The van der Waals surface area contributed by atoms with E-state index >= 15 is 0 Å². The molecule has 0 atom stereocenters. The summed E-state index contributed by atoms with van der Waals surface area (Å²) < 4.78 is 11.5. The largest absolute Gasteiger partial charge is 0.477 e. The highest BCUT2D eigenvalue weighted by atomic mass is 32.2. The summed E-state index contributed by atoms with van der Waals surface area (Å²) in [6, 6.07) is 7.45. The van der Waals surface area contributed by atoms with Crippen molar-refractivity contribution in [3.63, 3.8) is 0 Å². The Labute approximate surface area is 194 Å². The van der Waals surface area contributed by atoms with Crippen LogP contribution in [0.3, 0.4) is 0 Å². The summed E-state index contributed by atoms with van der Waals surface area (Å²) >= 11 is 1.18. The lowest BCUT2D eigenvalue weighted by Crippen LogP contribution is -2.05. The van der Waals surface area contributed by atoms with E-state index < -0.39 is 11.9 Å². The normalized spacial score (nSPS) is 13.4. The van der Waals surface area contributed by atoms with Gasteiger partial charge >= 0.3 is 11.9 Å². The number of benzene rings is 2. The van der Waals surface area contributed by atoms with Crippen molar-refractivity contribution in [1.29, 1.82) is 0 Å². The summed E-state index contributed by atoms with van der Waals surface area (Å²) in [6.45, 7) is 0.221. The predicted molar refractivity (Wildman–Crippen MR) is 112 cm³/mol. The molecule has 12 nitrogen and oxygen atoms in total. The molecule has 2 aromatic carbocycles. The molecule has 0 unspecified atom stereocenters. The zero-order chi connectivity index (χ0) is 23.8. The number of hydrogen-bond acceptors (Lipinski definition) is 11. The van der Waals surface area contributed by atoms with Gasteiger partial charge in [-0.05, 0) is 30.5 Å². The van der Waals surface area contributed by atoms with Gasteiger partial charge in [0.05, 0.1) is 6.07 Å². The molecule has 0 amide bonds. The molecule has 0 radical (unpaired) electrons. The Balaban J connectivity index is 1.51. The van der Waals surface area contributed by atoms with Crippen LogP contribution in [0.1, 0.15) is 31.8 Å². The highest BCUT2D eigenvalue weighted by Crippen LogP contribution is 2.40. The third-order valence-corrected chi connectivity index (χ3v) is 5.36. The molecule has 2 N–H and O–H groups in total. The smallest absolute Gasteiger partial charge is 0.343 e. The fourth-order valence-electron chi connectivity index (χ4n) is 3.32. The van der Waals surface area contributed by atoms with Crippen LogP contribution in [-0.4, -0.2) is 38.4 Å². The van der Waals surface area contributed by atoms with Crippen molar-refractivity contribution in [2.24, 2.45) is 0 Å². The van der Waals surface area contributed by atoms with E-state index in [4.69, 9.17) is 29.0 Å². The second kappa shape index (κ2) is 8.70. The van der Waals surface area contributed by atoms with Gasteiger partial charge in [0, 0.05) is 11.1 Å². The minimum absolute atomic E-state index is 0.0340. The molecule has 2 aliphatic heterocycles. The zero-order valence-electron chi connectivity index (χ0n) is 17.3. The summed E-state index contributed by atoms with van der Waals surface area (Å²) in [4.78, 5) is 51.8. The number of hydrogen-bond donors (Lipinski definition) is 2. The lowest BCUT2D eigenvalue weighted by atomic mass is 10.1. The monoisotopic (exact) mass is 486 g/mol. The number of nitrogens with zero attached hydrogens (tertiary/aromatic N) is 2. The maximum absolute atomic E-state index is 11.8. The zero-order valence-corrected chi connectivity index (χ0v) is 18.1. The van der Waals surface area contributed by atoms with Crippen molar-refractivity contribution >= 4 is 23.7 Å². The molecule has 0 aliphatic carbocycles. The van der Waals surface area contributed by atoms with Crippen molar-refractivity contribution in [1.82, 2.24) is 9.97 Å². The van der Waals surface area contributed by atoms with Crippen LogP contribution in [-0.2, 0) is 23.0 Å². The average molecular weight is 486 g/mol. The van der Waals surface area contributed by atoms with E-state index in [1.54, 1.807) is 18.4 Å². The molecule has 174 valence electrons. The van der Waals surface area contributed by atoms with Gasteiger partial charge in [-0.15, -0.1) is 0 Å². The van der Waals surface area contributed by atoms with Crippen LogP contribution in [0.5, 0.6) is 34.8 Å². The topological polar surface area (TPSA) is 156 Å².